The lowest BCUT2D eigenvalue weighted by Gasteiger charge is -2.36. The predicted octanol–water partition coefficient (Wildman–Crippen LogP) is -0.577. The zero-order chi connectivity index (χ0) is 13.1. The molecule has 1 aliphatic heterocycles. The highest BCUT2D eigenvalue weighted by Crippen LogP contribution is 2.20. The Bertz CT molecular complexity index is 294. The maximum atomic E-state index is 10.9. The van der Waals surface area contributed by atoms with Crippen LogP contribution >= 0.6 is 0 Å². The van der Waals surface area contributed by atoms with E-state index in [-0.39, 0.29) is 12.5 Å². The molecule has 6 heteroatoms. The van der Waals surface area contributed by atoms with Crippen molar-refractivity contribution >= 4 is 11.9 Å². The van der Waals surface area contributed by atoms with Crippen LogP contribution in [-0.4, -0.2) is 58.3 Å². The van der Waals surface area contributed by atoms with Crippen molar-refractivity contribution in [3.05, 3.63) is 0 Å². The first-order valence-corrected chi connectivity index (χ1v) is 5.75. The summed E-state index contributed by atoms with van der Waals surface area (Å²) in [5.41, 5.74) is -0.650. The summed E-state index contributed by atoms with van der Waals surface area (Å²) in [5, 5.41) is 21.1. The van der Waals surface area contributed by atoms with Gasteiger partial charge < -0.3 is 20.4 Å². The maximum Gasteiger partial charge on any atom is 0.327 e. The maximum absolute atomic E-state index is 10.9. The van der Waals surface area contributed by atoms with E-state index in [1.54, 1.807) is 6.92 Å². The van der Waals surface area contributed by atoms with E-state index in [1.807, 2.05) is 4.90 Å². The van der Waals surface area contributed by atoms with Crippen LogP contribution in [0, 0.1) is 0 Å². The Hall–Kier alpha value is -1.14. The molecule has 1 amide bonds. The van der Waals surface area contributed by atoms with Crippen LogP contribution in [0.3, 0.4) is 0 Å². The summed E-state index contributed by atoms with van der Waals surface area (Å²) >= 11 is 0. The number of carboxylic acid groups (broad SMARTS) is 1. The third-order valence-corrected chi connectivity index (χ3v) is 3.05. The lowest BCUT2D eigenvalue weighted by Crippen LogP contribution is -2.51. The Morgan fingerprint density at radius 1 is 1.41 bits per heavy atom. The molecule has 17 heavy (non-hydrogen) atoms. The van der Waals surface area contributed by atoms with E-state index in [9.17, 15) is 14.7 Å². The van der Waals surface area contributed by atoms with Gasteiger partial charge in [0.1, 0.15) is 6.04 Å². The molecule has 0 aromatic rings. The quantitative estimate of drug-likeness (QED) is 0.616. The fraction of sp³-hybridized carbons (Fsp3) is 0.818. The van der Waals surface area contributed by atoms with Crippen LogP contribution < -0.4 is 5.32 Å². The number of nitrogens with one attached hydrogen (secondary N) is 1. The molecule has 1 saturated heterocycles. The van der Waals surface area contributed by atoms with Crippen LogP contribution in [0.4, 0.5) is 0 Å². The smallest absolute Gasteiger partial charge is 0.327 e. The first-order valence-electron chi connectivity index (χ1n) is 5.75. The fourth-order valence-corrected chi connectivity index (χ4v) is 1.91. The molecule has 3 N–H and O–H groups in total. The standard InChI is InChI=1S/C11H20N2O4/c1-8(14)12-9(10(15)16)7-13-5-3-11(2,17)4-6-13/h9,17H,3-7H2,1-2H3,(H,12,14)(H,15,16). The Kier molecular flexibility index (Phi) is 4.47. The van der Waals surface area contributed by atoms with Gasteiger partial charge in [-0.15, -0.1) is 0 Å². The van der Waals surface area contributed by atoms with E-state index < -0.39 is 17.6 Å². The zero-order valence-electron chi connectivity index (χ0n) is 10.3. The van der Waals surface area contributed by atoms with Crippen molar-refractivity contribution in [1.82, 2.24) is 10.2 Å². The summed E-state index contributed by atoms with van der Waals surface area (Å²) in [4.78, 5) is 23.8. The lowest BCUT2D eigenvalue weighted by atomic mass is 9.93. The molecule has 0 bridgehead atoms. The highest BCUT2D eigenvalue weighted by molar-refractivity contribution is 5.82. The number of likely N-dealkylation sites (tertiary alicyclic amines) is 1. The summed E-state index contributed by atoms with van der Waals surface area (Å²) in [6.07, 6.45) is 1.25. The van der Waals surface area contributed by atoms with E-state index in [0.717, 1.165) is 0 Å². The Morgan fingerprint density at radius 2 is 1.94 bits per heavy atom. The summed E-state index contributed by atoms with van der Waals surface area (Å²) in [6.45, 7) is 4.67. The highest BCUT2D eigenvalue weighted by Gasteiger charge is 2.30. The van der Waals surface area contributed by atoms with Gasteiger partial charge in [0.05, 0.1) is 5.60 Å². The molecule has 1 aliphatic rings. The molecule has 0 radical (unpaired) electrons. The Morgan fingerprint density at radius 3 is 2.35 bits per heavy atom. The minimum Gasteiger partial charge on any atom is -0.480 e. The number of hydrogen-bond donors (Lipinski definition) is 3. The molecule has 0 saturated carbocycles. The SMILES string of the molecule is CC(=O)NC(CN1CCC(C)(O)CC1)C(=O)O. The molecule has 1 heterocycles. The van der Waals surface area contributed by atoms with E-state index in [0.29, 0.717) is 25.9 Å². The van der Waals surface area contributed by atoms with E-state index >= 15 is 0 Å². The molecular weight excluding hydrogens is 224 g/mol. The number of aliphatic hydroxyl groups is 1. The molecule has 0 aromatic heterocycles. The van der Waals surface area contributed by atoms with Crippen molar-refractivity contribution in [2.24, 2.45) is 0 Å². The third kappa shape index (κ3) is 4.70. The minimum absolute atomic E-state index is 0.283. The van der Waals surface area contributed by atoms with Gasteiger partial charge in [-0.1, -0.05) is 0 Å². The summed E-state index contributed by atoms with van der Waals surface area (Å²) in [5.74, 6) is -1.38. The second kappa shape index (κ2) is 5.46. The van der Waals surface area contributed by atoms with Crippen LogP contribution in [0.15, 0.2) is 0 Å². The van der Waals surface area contributed by atoms with Crippen molar-refractivity contribution in [3.63, 3.8) is 0 Å². The molecule has 1 rings (SSSR count). The molecule has 1 atom stereocenters. The molecule has 0 spiro atoms. The van der Waals surface area contributed by atoms with Gasteiger partial charge in [-0.05, 0) is 19.8 Å². The number of hydrogen-bond acceptors (Lipinski definition) is 4. The summed E-state index contributed by atoms with van der Waals surface area (Å²) < 4.78 is 0. The molecule has 6 nitrogen and oxygen atoms in total. The average molecular weight is 244 g/mol. The van der Waals surface area contributed by atoms with Crippen LogP contribution in [0.25, 0.3) is 0 Å². The van der Waals surface area contributed by atoms with Crippen molar-refractivity contribution in [3.8, 4) is 0 Å². The summed E-state index contributed by atoms with van der Waals surface area (Å²) in [7, 11) is 0. The third-order valence-electron chi connectivity index (χ3n) is 3.05. The van der Waals surface area contributed by atoms with Crippen LogP contribution in [0.1, 0.15) is 26.7 Å². The second-order valence-corrected chi connectivity index (χ2v) is 4.89. The first kappa shape index (κ1) is 13.9. The van der Waals surface area contributed by atoms with Crippen molar-refractivity contribution in [2.75, 3.05) is 19.6 Å². The van der Waals surface area contributed by atoms with Crippen LogP contribution in [-0.2, 0) is 9.59 Å². The van der Waals surface area contributed by atoms with Crippen LogP contribution in [0.5, 0.6) is 0 Å². The van der Waals surface area contributed by atoms with Gasteiger partial charge in [0.2, 0.25) is 5.91 Å². The molecule has 0 aromatic carbocycles. The van der Waals surface area contributed by atoms with Crippen molar-refractivity contribution < 1.29 is 19.8 Å². The number of rotatable bonds is 4. The predicted molar refractivity (Wildman–Crippen MR) is 61.5 cm³/mol. The van der Waals surface area contributed by atoms with Crippen molar-refractivity contribution in [1.29, 1.82) is 0 Å². The fourth-order valence-electron chi connectivity index (χ4n) is 1.91. The van der Waals surface area contributed by atoms with Gasteiger partial charge in [-0.3, -0.25) is 4.79 Å². The number of carbonyl (C=O) groups is 2. The van der Waals surface area contributed by atoms with Gasteiger partial charge in [0.15, 0.2) is 0 Å². The van der Waals surface area contributed by atoms with Gasteiger partial charge in [0, 0.05) is 26.6 Å². The zero-order valence-corrected chi connectivity index (χ0v) is 10.3. The first-order chi connectivity index (χ1) is 7.80. The number of aliphatic carboxylic acids is 1. The molecule has 98 valence electrons. The van der Waals surface area contributed by atoms with E-state index in [1.165, 1.54) is 6.92 Å². The molecular formula is C11H20N2O4. The summed E-state index contributed by atoms with van der Waals surface area (Å²) in [6, 6.07) is -0.879. The molecule has 1 fully saturated rings. The van der Waals surface area contributed by atoms with Gasteiger partial charge in [-0.25, -0.2) is 4.79 Å². The highest BCUT2D eigenvalue weighted by atomic mass is 16.4. The molecule has 1 unspecified atom stereocenters. The Balaban J connectivity index is 2.46. The minimum atomic E-state index is -1.03. The second-order valence-electron chi connectivity index (χ2n) is 4.89. The number of piperidine rings is 1. The van der Waals surface area contributed by atoms with Crippen LogP contribution in [0.2, 0.25) is 0 Å². The van der Waals surface area contributed by atoms with Gasteiger partial charge >= 0.3 is 5.97 Å². The average Bonchev–Trinajstić information content (AvgIpc) is 2.19. The molecule has 0 aliphatic carbocycles. The monoisotopic (exact) mass is 244 g/mol. The number of carboxylic acids is 1. The van der Waals surface area contributed by atoms with E-state index in [2.05, 4.69) is 5.32 Å². The van der Waals surface area contributed by atoms with Gasteiger partial charge in [-0.2, -0.15) is 0 Å². The largest absolute Gasteiger partial charge is 0.480 e. The normalized spacial score (nSPS) is 21.8. The van der Waals surface area contributed by atoms with Crippen molar-refractivity contribution in [2.45, 2.75) is 38.3 Å². The number of nitrogens with zero attached hydrogens (tertiary/aromatic N) is 1. The van der Waals surface area contributed by atoms with Gasteiger partial charge in [0.25, 0.3) is 0 Å². The Labute approximate surface area is 101 Å². The lowest BCUT2D eigenvalue weighted by molar-refractivity contribution is -0.142. The number of amides is 1. The topological polar surface area (TPSA) is 89.9 Å². The number of carbonyl (C=O) groups excluding carboxylic acids is 1. The van der Waals surface area contributed by atoms with E-state index in [4.69, 9.17) is 5.11 Å².